The maximum atomic E-state index is 12.3. The molecule has 0 spiro atoms. The quantitative estimate of drug-likeness (QED) is 0.687. The fraction of sp³-hybridized carbons (Fsp3) is 0.364. The second-order valence-electron chi connectivity index (χ2n) is 6.70. The largest absolute Gasteiger partial charge is 0.494 e. The number of ether oxygens (including phenoxy) is 2. The summed E-state index contributed by atoms with van der Waals surface area (Å²) in [5.74, 6) is 1.02. The first-order chi connectivity index (χ1) is 13.7. The maximum Gasteiger partial charge on any atom is 0.251 e. The van der Waals surface area contributed by atoms with Crippen LogP contribution in [0.1, 0.15) is 48.1 Å². The van der Waals surface area contributed by atoms with E-state index in [2.05, 4.69) is 17.6 Å². The van der Waals surface area contributed by atoms with Crippen molar-refractivity contribution < 1.29 is 19.1 Å². The lowest BCUT2D eigenvalue weighted by atomic mass is 10.0. The summed E-state index contributed by atoms with van der Waals surface area (Å²) in [6, 6.07) is 14.5. The van der Waals surface area contributed by atoms with Crippen LogP contribution in [-0.4, -0.2) is 31.6 Å². The lowest BCUT2D eigenvalue weighted by molar-refractivity contribution is -0.121. The van der Waals surface area contributed by atoms with Crippen LogP contribution in [0.25, 0.3) is 0 Å². The van der Waals surface area contributed by atoms with E-state index in [1.807, 2.05) is 24.3 Å². The molecule has 6 nitrogen and oxygen atoms in total. The molecular formula is C22H26N2O4. The summed E-state index contributed by atoms with van der Waals surface area (Å²) in [5, 5.41) is 5.63. The summed E-state index contributed by atoms with van der Waals surface area (Å²) in [4.78, 5) is 24.5. The molecule has 0 aliphatic carbocycles. The molecule has 0 unspecified atom stereocenters. The van der Waals surface area contributed by atoms with Crippen molar-refractivity contribution in [1.82, 2.24) is 10.6 Å². The van der Waals surface area contributed by atoms with Crippen LogP contribution in [0.3, 0.4) is 0 Å². The number of hydrogen-bond acceptors (Lipinski definition) is 4. The zero-order chi connectivity index (χ0) is 19.8. The Balaban J connectivity index is 1.47. The van der Waals surface area contributed by atoms with Gasteiger partial charge in [0.2, 0.25) is 5.91 Å². The molecule has 0 bridgehead atoms. The van der Waals surface area contributed by atoms with Gasteiger partial charge in [-0.2, -0.15) is 0 Å². The van der Waals surface area contributed by atoms with E-state index in [1.54, 1.807) is 24.3 Å². The van der Waals surface area contributed by atoms with Gasteiger partial charge in [0.05, 0.1) is 25.8 Å². The van der Waals surface area contributed by atoms with Crippen molar-refractivity contribution in [3.63, 3.8) is 0 Å². The summed E-state index contributed by atoms with van der Waals surface area (Å²) in [6.07, 6.45) is 2.77. The molecule has 0 saturated carbocycles. The molecule has 1 aliphatic heterocycles. The third-order valence-corrected chi connectivity index (χ3v) is 4.59. The van der Waals surface area contributed by atoms with Crippen LogP contribution in [0, 0.1) is 0 Å². The van der Waals surface area contributed by atoms with Crippen molar-refractivity contribution in [3.05, 3.63) is 59.7 Å². The van der Waals surface area contributed by atoms with Crippen molar-refractivity contribution >= 4 is 11.8 Å². The second kappa shape index (κ2) is 9.78. The molecule has 0 saturated heterocycles. The molecule has 2 amide bonds. The number of fused-ring (bicyclic) bond motifs is 1. The molecule has 2 N–H and O–H groups in total. The number of hydrogen-bond donors (Lipinski definition) is 2. The zero-order valence-corrected chi connectivity index (χ0v) is 16.1. The van der Waals surface area contributed by atoms with Gasteiger partial charge >= 0.3 is 0 Å². The number of carbonyl (C=O) groups excluding carboxylic acids is 2. The first-order valence-electron chi connectivity index (χ1n) is 9.69. The van der Waals surface area contributed by atoms with E-state index in [0.717, 1.165) is 29.9 Å². The minimum absolute atomic E-state index is 0.0763. The molecule has 28 heavy (non-hydrogen) atoms. The Bertz CT molecular complexity index is 804. The molecule has 2 aromatic carbocycles. The van der Waals surface area contributed by atoms with E-state index in [-0.39, 0.29) is 24.4 Å². The lowest BCUT2D eigenvalue weighted by Crippen LogP contribution is -2.39. The predicted octanol–water partition coefficient (Wildman–Crippen LogP) is 3.24. The van der Waals surface area contributed by atoms with Gasteiger partial charge in [0.1, 0.15) is 11.5 Å². The number of unbranched alkanes of at least 4 members (excludes halogenated alkanes) is 1. The highest BCUT2D eigenvalue weighted by Gasteiger charge is 2.22. The highest BCUT2D eigenvalue weighted by atomic mass is 16.5. The van der Waals surface area contributed by atoms with Gasteiger partial charge in [0.25, 0.3) is 5.91 Å². The van der Waals surface area contributed by atoms with Gasteiger partial charge in [0.15, 0.2) is 0 Å². The van der Waals surface area contributed by atoms with Crippen LogP contribution in [0.2, 0.25) is 0 Å². The van der Waals surface area contributed by atoms with Crippen LogP contribution in [-0.2, 0) is 4.79 Å². The summed E-state index contributed by atoms with van der Waals surface area (Å²) in [5.41, 5.74) is 1.46. The van der Waals surface area contributed by atoms with E-state index in [1.165, 1.54) is 0 Å². The molecule has 0 radical (unpaired) electrons. The lowest BCUT2D eigenvalue weighted by Gasteiger charge is -2.26. The zero-order valence-electron chi connectivity index (χ0n) is 16.1. The van der Waals surface area contributed by atoms with Crippen molar-refractivity contribution in [2.75, 3.05) is 19.8 Å². The minimum atomic E-state index is -0.289. The number of amides is 2. The highest BCUT2D eigenvalue weighted by Crippen LogP contribution is 2.31. The van der Waals surface area contributed by atoms with Gasteiger partial charge in [-0.3, -0.25) is 9.59 Å². The average Bonchev–Trinajstić information content (AvgIpc) is 2.73. The Morgan fingerprint density at radius 3 is 2.71 bits per heavy atom. The smallest absolute Gasteiger partial charge is 0.251 e. The van der Waals surface area contributed by atoms with Crippen LogP contribution < -0.4 is 20.1 Å². The number of para-hydroxylation sites is 1. The topological polar surface area (TPSA) is 76.7 Å². The van der Waals surface area contributed by atoms with Crippen LogP contribution >= 0.6 is 0 Å². The van der Waals surface area contributed by atoms with E-state index in [4.69, 9.17) is 9.47 Å². The fourth-order valence-corrected chi connectivity index (χ4v) is 3.04. The minimum Gasteiger partial charge on any atom is -0.494 e. The maximum absolute atomic E-state index is 12.3. The highest BCUT2D eigenvalue weighted by molar-refractivity contribution is 5.96. The van der Waals surface area contributed by atoms with Crippen LogP contribution in [0.4, 0.5) is 0 Å². The van der Waals surface area contributed by atoms with Crippen molar-refractivity contribution in [1.29, 1.82) is 0 Å². The van der Waals surface area contributed by atoms with Gasteiger partial charge in [0, 0.05) is 17.5 Å². The van der Waals surface area contributed by atoms with Crippen molar-refractivity contribution in [2.24, 2.45) is 0 Å². The molecule has 148 valence electrons. The Labute approximate surface area is 165 Å². The molecule has 1 aliphatic rings. The Hall–Kier alpha value is -3.02. The summed E-state index contributed by atoms with van der Waals surface area (Å²) >= 11 is 0. The number of nitrogens with one attached hydrogen (secondary N) is 2. The van der Waals surface area contributed by atoms with Crippen molar-refractivity contribution in [3.8, 4) is 11.5 Å². The number of carbonyl (C=O) groups is 2. The molecular weight excluding hydrogens is 356 g/mol. The van der Waals surface area contributed by atoms with Gasteiger partial charge in [-0.15, -0.1) is 0 Å². The summed E-state index contributed by atoms with van der Waals surface area (Å²) in [7, 11) is 0. The van der Waals surface area contributed by atoms with Gasteiger partial charge in [-0.25, -0.2) is 0 Å². The number of benzene rings is 2. The fourth-order valence-electron chi connectivity index (χ4n) is 3.04. The molecule has 0 aromatic heterocycles. The van der Waals surface area contributed by atoms with Crippen LogP contribution in [0.5, 0.6) is 11.5 Å². The molecule has 1 atom stereocenters. The van der Waals surface area contributed by atoms with E-state index in [9.17, 15) is 9.59 Å². The van der Waals surface area contributed by atoms with E-state index in [0.29, 0.717) is 25.2 Å². The number of rotatable bonds is 8. The summed E-state index contributed by atoms with van der Waals surface area (Å²) in [6.45, 7) is 3.25. The van der Waals surface area contributed by atoms with Gasteiger partial charge in [-0.1, -0.05) is 31.5 Å². The standard InChI is InChI=1S/C22H26N2O4/c1-2-3-13-27-17-10-8-16(9-11-17)22(26)23-15-21(25)24-19-12-14-28-20-7-5-4-6-18(19)20/h4-11,19H,2-3,12-15H2,1H3,(H,23,26)(H,24,25)/t19-/m0/s1. The monoisotopic (exact) mass is 382 g/mol. The van der Waals surface area contributed by atoms with Crippen LogP contribution in [0.15, 0.2) is 48.5 Å². The SMILES string of the molecule is CCCCOc1ccc(C(=O)NCC(=O)N[C@H]2CCOc3ccccc32)cc1. The van der Waals surface area contributed by atoms with E-state index < -0.39 is 0 Å². The van der Waals surface area contributed by atoms with Crippen molar-refractivity contribution in [2.45, 2.75) is 32.2 Å². The predicted molar refractivity (Wildman–Crippen MR) is 107 cm³/mol. The first-order valence-corrected chi connectivity index (χ1v) is 9.69. The van der Waals surface area contributed by atoms with E-state index >= 15 is 0 Å². The molecule has 1 heterocycles. The van der Waals surface area contributed by atoms with Gasteiger partial charge in [-0.05, 0) is 36.8 Å². The third-order valence-electron chi connectivity index (χ3n) is 4.59. The average molecular weight is 382 g/mol. The Kier molecular flexibility index (Phi) is 6.89. The second-order valence-corrected chi connectivity index (χ2v) is 6.70. The molecule has 3 rings (SSSR count). The summed E-state index contributed by atoms with van der Waals surface area (Å²) < 4.78 is 11.2. The third kappa shape index (κ3) is 5.25. The molecule has 2 aromatic rings. The first kappa shape index (κ1) is 19.7. The Morgan fingerprint density at radius 2 is 1.93 bits per heavy atom. The van der Waals surface area contributed by atoms with Gasteiger partial charge < -0.3 is 20.1 Å². The molecule has 6 heteroatoms. The Morgan fingerprint density at radius 1 is 1.14 bits per heavy atom. The normalized spacial score (nSPS) is 15.1. The molecule has 0 fully saturated rings.